The predicted molar refractivity (Wildman–Crippen MR) is 92.6 cm³/mol. The molecule has 7 heteroatoms. The van der Waals surface area contributed by atoms with Gasteiger partial charge in [-0.3, -0.25) is 9.59 Å². The Kier molecular flexibility index (Phi) is 4.88. The van der Waals surface area contributed by atoms with Gasteiger partial charge in [0.25, 0.3) is 5.89 Å². The van der Waals surface area contributed by atoms with Gasteiger partial charge in [-0.15, -0.1) is 0 Å². The van der Waals surface area contributed by atoms with Crippen molar-refractivity contribution >= 4 is 11.9 Å². The van der Waals surface area contributed by atoms with Crippen LogP contribution in [0.25, 0.3) is 11.3 Å². The summed E-state index contributed by atoms with van der Waals surface area (Å²) in [5.74, 6) is -1.06. The smallest absolute Gasteiger partial charge is 0.307 e. The number of oxazole rings is 1. The Hall–Kier alpha value is -3.35. The number of furan rings is 1. The number of nitrogens with zero attached hydrogens (tertiary/aromatic N) is 1. The quantitative estimate of drug-likeness (QED) is 0.702. The summed E-state index contributed by atoms with van der Waals surface area (Å²) in [7, 11) is 0. The van der Waals surface area contributed by atoms with Crippen LogP contribution in [0.15, 0.2) is 51.7 Å². The standard InChI is InChI=1S/C19H18N2O5/c1-11-5-3-4-6-13(11)15(9-17(22)23)20-18(24)19-21-16(10-26-19)14-7-8-25-12(14)2/h3-8,10,15H,9H2,1-2H3,(H,20,24)(H,22,23)/t15-/m0/s1. The molecule has 0 unspecified atom stereocenters. The van der Waals surface area contributed by atoms with E-state index in [4.69, 9.17) is 8.83 Å². The van der Waals surface area contributed by atoms with Gasteiger partial charge in [0.15, 0.2) is 0 Å². The molecule has 2 aromatic heterocycles. The second kappa shape index (κ2) is 7.26. The van der Waals surface area contributed by atoms with Gasteiger partial charge < -0.3 is 19.3 Å². The number of hydrogen-bond donors (Lipinski definition) is 2. The Labute approximate surface area is 149 Å². The van der Waals surface area contributed by atoms with Gasteiger partial charge >= 0.3 is 11.9 Å². The van der Waals surface area contributed by atoms with E-state index >= 15 is 0 Å². The van der Waals surface area contributed by atoms with Gasteiger partial charge in [-0.05, 0) is 31.0 Å². The van der Waals surface area contributed by atoms with Gasteiger partial charge in [0.1, 0.15) is 17.7 Å². The monoisotopic (exact) mass is 354 g/mol. The zero-order valence-corrected chi connectivity index (χ0v) is 14.4. The summed E-state index contributed by atoms with van der Waals surface area (Å²) in [5, 5.41) is 11.9. The zero-order chi connectivity index (χ0) is 18.7. The lowest BCUT2D eigenvalue weighted by atomic mass is 9.99. The maximum Gasteiger partial charge on any atom is 0.307 e. The second-order valence-corrected chi connectivity index (χ2v) is 5.91. The van der Waals surface area contributed by atoms with Crippen LogP contribution in [-0.4, -0.2) is 22.0 Å². The van der Waals surface area contributed by atoms with Crippen molar-refractivity contribution in [3.63, 3.8) is 0 Å². The summed E-state index contributed by atoms with van der Waals surface area (Å²) in [4.78, 5) is 27.9. The van der Waals surface area contributed by atoms with Crippen molar-refractivity contribution in [1.29, 1.82) is 0 Å². The molecule has 1 atom stereocenters. The molecule has 3 aromatic rings. The summed E-state index contributed by atoms with van der Waals surface area (Å²) in [6.07, 6.45) is 2.65. The summed E-state index contributed by atoms with van der Waals surface area (Å²) in [5.41, 5.74) is 2.84. The van der Waals surface area contributed by atoms with Crippen LogP contribution in [0.3, 0.4) is 0 Å². The van der Waals surface area contributed by atoms with Gasteiger partial charge in [-0.2, -0.15) is 0 Å². The minimum Gasteiger partial charge on any atom is -0.481 e. The SMILES string of the molecule is Cc1ccccc1[C@H](CC(=O)O)NC(=O)c1nc(-c2ccoc2C)co1. The maximum absolute atomic E-state index is 12.5. The summed E-state index contributed by atoms with van der Waals surface area (Å²) < 4.78 is 10.5. The molecule has 0 radical (unpaired) electrons. The largest absolute Gasteiger partial charge is 0.481 e. The van der Waals surface area contributed by atoms with Crippen molar-refractivity contribution in [3.8, 4) is 11.3 Å². The Morgan fingerprint density at radius 2 is 1.96 bits per heavy atom. The summed E-state index contributed by atoms with van der Waals surface area (Å²) >= 11 is 0. The van der Waals surface area contributed by atoms with E-state index in [2.05, 4.69) is 10.3 Å². The molecular weight excluding hydrogens is 336 g/mol. The van der Waals surface area contributed by atoms with Gasteiger partial charge in [-0.1, -0.05) is 24.3 Å². The van der Waals surface area contributed by atoms with Gasteiger partial charge in [-0.25, -0.2) is 4.98 Å². The van der Waals surface area contributed by atoms with E-state index in [1.807, 2.05) is 19.1 Å². The topological polar surface area (TPSA) is 106 Å². The van der Waals surface area contributed by atoms with Gasteiger partial charge in [0, 0.05) is 5.56 Å². The Morgan fingerprint density at radius 1 is 1.19 bits per heavy atom. The molecule has 0 fully saturated rings. The molecule has 0 aliphatic rings. The molecule has 0 spiro atoms. The average molecular weight is 354 g/mol. The highest BCUT2D eigenvalue weighted by Gasteiger charge is 2.23. The number of carbonyl (C=O) groups is 2. The molecule has 0 saturated carbocycles. The highest BCUT2D eigenvalue weighted by Crippen LogP contribution is 2.24. The number of aryl methyl sites for hydroxylation is 2. The highest BCUT2D eigenvalue weighted by molar-refractivity contribution is 5.91. The molecular formula is C19H18N2O5. The molecule has 0 aliphatic heterocycles. The van der Waals surface area contributed by atoms with Crippen LogP contribution in [0.1, 0.15) is 40.0 Å². The Morgan fingerprint density at radius 3 is 2.62 bits per heavy atom. The predicted octanol–water partition coefficient (Wildman–Crippen LogP) is 3.50. The third kappa shape index (κ3) is 3.66. The fraction of sp³-hybridized carbons (Fsp3) is 0.211. The number of nitrogens with one attached hydrogen (secondary N) is 1. The number of carbonyl (C=O) groups excluding carboxylic acids is 1. The Balaban J connectivity index is 1.82. The molecule has 0 bridgehead atoms. The van der Waals surface area contributed by atoms with Crippen LogP contribution >= 0.6 is 0 Å². The first-order valence-corrected chi connectivity index (χ1v) is 8.04. The minimum atomic E-state index is -1.01. The van der Waals surface area contributed by atoms with Crippen LogP contribution < -0.4 is 5.32 Å². The lowest BCUT2D eigenvalue weighted by Crippen LogP contribution is -2.30. The normalized spacial score (nSPS) is 11.9. The number of carboxylic acid groups (broad SMARTS) is 1. The van der Waals surface area contributed by atoms with E-state index in [1.165, 1.54) is 12.5 Å². The van der Waals surface area contributed by atoms with Crippen molar-refractivity contribution in [2.75, 3.05) is 0 Å². The van der Waals surface area contributed by atoms with Gasteiger partial charge in [0.2, 0.25) is 0 Å². The van der Waals surface area contributed by atoms with E-state index < -0.39 is 17.9 Å². The number of benzene rings is 1. The van der Waals surface area contributed by atoms with Crippen molar-refractivity contribution in [1.82, 2.24) is 10.3 Å². The fourth-order valence-electron chi connectivity index (χ4n) is 2.76. The first kappa shape index (κ1) is 17.5. The maximum atomic E-state index is 12.5. The molecule has 26 heavy (non-hydrogen) atoms. The fourth-order valence-corrected chi connectivity index (χ4v) is 2.76. The van der Waals surface area contributed by atoms with Crippen molar-refractivity contribution in [2.45, 2.75) is 26.3 Å². The molecule has 134 valence electrons. The van der Waals surface area contributed by atoms with Crippen LogP contribution in [0.4, 0.5) is 0 Å². The Bertz CT molecular complexity index is 941. The van der Waals surface area contributed by atoms with Crippen molar-refractivity contribution in [2.24, 2.45) is 0 Å². The number of aromatic nitrogens is 1. The van der Waals surface area contributed by atoms with E-state index in [0.29, 0.717) is 11.5 Å². The van der Waals surface area contributed by atoms with Crippen molar-refractivity contribution in [3.05, 3.63) is 65.6 Å². The zero-order valence-electron chi connectivity index (χ0n) is 14.4. The lowest BCUT2D eigenvalue weighted by Gasteiger charge is -2.18. The average Bonchev–Trinajstić information content (AvgIpc) is 3.23. The van der Waals surface area contributed by atoms with Crippen LogP contribution in [0, 0.1) is 13.8 Å². The number of aliphatic carboxylic acids is 1. The van der Waals surface area contributed by atoms with Crippen LogP contribution in [-0.2, 0) is 4.79 Å². The van der Waals surface area contributed by atoms with E-state index in [0.717, 1.165) is 16.7 Å². The number of hydrogen-bond acceptors (Lipinski definition) is 5. The lowest BCUT2D eigenvalue weighted by molar-refractivity contribution is -0.137. The first-order valence-electron chi connectivity index (χ1n) is 8.04. The summed E-state index contributed by atoms with van der Waals surface area (Å²) in [6, 6.07) is 8.35. The van der Waals surface area contributed by atoms with Crippen LogP contribution in [0.5, 0.6) is 0 Å². The number of carboxylic acids is 1. The minimum absolute atomic E-state index is 0.135. The molecule has 0 saturated heterocycles. The van der Waals surface area contributed by atoms with E-state index in [-0.39, 0.29) is 12.3 Å². The first-order chi connectivity index (χ1) is 12.5. The molecule has 7 nitrogen and oxygen atoms in total. The third-order valence-corrected chi connectivity index (χ3v) is 4.08. The van der Waals surface area contributed by atoms with Gasteiger partial charge in [0.05, 0.1) is 18.7 Å². The number of rotatable bonds is 6. The van der Waals surface area contributed by atoms with E-state index in [9.17, 15) is 14.7 Å². The second-order valence-electron chi connectivity index (χ2n) is 5.91. The molecule has 0 aliphatic carbocycles. The molecule has 1 amide bonds. The summed E-state index contributed by atoms with van der Waals surface area (Å²) in [6.45, 7) is 3.64. The molecule has 3 rings (SSSR count). The molecule has 1 aromatic carbocycles. The third-order valence-electron chi connectivity index (χ3n) is 4.08. The molecule has 2 N–H and O–H groups in total. The van der Waals surface area contributed by atoms with E-state index in [1.54, 1.807) is 25.1 Å². The van der Waals surface area contributed by atoms with Crippen LogP contribution in [0.2, 0.25) is 0 Å². The molecule has 2 heterocycles. The highest BCUT2D eigenvalue weighted by atomic mass is 16.4. The van der Waals surface area contributed by atoms with Crippen molar-refractivity contribution < 1.29 is 23.5 Å². The number of amides is 1.